The summed E-state index contributed by atoms with van der Waals surface area (Å²) in [6, 6.07) is 16.0. The van der Waals surface area contributed by atoms with Crippen molar-refractivity contribution in [2.24, 2.45) is 5.92 Å². The van der Waals surface area contributed by atoms with E-state index in [0.29, 0.717) is 18.7 Å². The maximum atomic E-state index is 12.2. The molecule has 0 aromatic heterocycles. The lowest BCUT2D eigenvalue weighted by Gasteiger charge is -2.17. The van der Waals surface area contributed by atoms with Crippen LogP contribution in [0.3, 0.4) is 0 Å². The molecule has 6 nitrogen and oxygen atoms in total. The minimum absolute atomic E-state index is 0.0141. The third-order valence-corrected chi connectivity index (χ3v) is 3.58. The number of carbonyl (C=O) groups excluding carboxylic acids is 1. The van der Waals surface area contributed by atoms with Crippen LogP contribution >= 0.6 is 0 Å². The number of anilines is 1. The van der Waals surface area contributed by atoms with Crippen molar-refractivity contribution in [2.75, 3.05) is 18.5 Å². The molecular formula is C18H20N2O4. The number of nitro benzene ring substituents is 1. The molecule has 0 saturated heterocycles. The van der Waals surface area contributed by atoms with Gasteiger partial charge in [0.1, 0.15) is 5.69 Å². The number of nitrogens with zero attached hydrogens (tertiary/aromatic N) is 1. The van der Waals surface area contributed by atoms with E-state index in [1.807, 2.05) is 30.3 Å². The van der Waals surface area contributed by atoms with E-state index in [-0.39, 0.29) is 18.2 Å². The van der Waals surface area contributed by atoms with Gasteiger partial charge in [0.15, 0.2) is 0 Å². The first-order chi connectivity index (χ1) is 11.6. The second-order valence-corrected chi connectivity index (χ2v) is 5.29. The number of rotatable bonds is 8. The average molecular weight is 328 g/mol. The Balaban J connectivity index is 2.11. The highest BCUT2D eigenvalue weighted by Gasteiger charge is 2.22. The van der Waals surface area contributed by atoms with Gasteiger partial charge >= 0.3 is 5.97 Å². The second-order valence-electron chi connectivity index (χ2n) is 5.29. The Morgan fingerprint density at radius 3 is 2.50 bits per heavy atom. The average Bonchev–Trinajstić information content (AvgIpc) is 2.59. The number of carbonyl (C=O) groups is 1. The van der Waals surface area contributed by atoms with Crippen LogP contribution in [0.1, 0.15) is 12.5 Å². The summed E-state index contributed by atoms with van der Waals surface area (Å²) in [7, 11) is 0. The van der Waals surface area contributed by atoms with Gasteiger partial charge in [-0.05, 0) is 25.0 Å². The molecule has 2 rings (SSSR count). The van der Waals surface area contributed by atoms with Crippen LogP contribution in [0, 0.1) is 16.0 Å². The summed E-state index contributed by atoms with van der Waals surface area (Å²) in [5.74, 6) is -0.736. The molecule has 0 amide bonds. The molecule has 0 fully saturated rings. The lowest BCUT2D eigenvalue weighted by molar-refractivity contribution is -0.384. The number of ether oxygens (including phenoxy) is 1. The standard InChI is InChI=1S/C18H20N2O4/c1-2-24-18(21)15(12-14-8-4-3-5-9-14)13-19-16-10-6-7-11-17(16)20(22)23/h3-11,15,19H,2,12-13H2,1H3. The lowest BCUT2D eigenvalue weighted by atomic mass is 9.99. The smallest absolute Gasteiger partial charge is 0.311 e. The van der Waals surface area contributed by atoms with Crippen LogP contribution < -0.4 is 5.32 Å². The van der Waals surface area contributed by atoms with E-state index in [1.54, 1.807) is 25.1 Å². The fraction of sp³-hybridized carbons (Fsp3) is 0.278. The molecule has 0 spiro atoms. The van der Waals surface area contributed by atoms with Gasteiger partial charge in [0, 0.05) is 12.6 Å². The zero-order valence-electron chi connectivity index (χ0n) is 13.5. The molecule has 1 atom stereocenters. The highest BCUT2D eigenvalue weighted by Crippen LogP contribution is 2.24. The van der Waals surface area contributed by atoms with Crippen LogP contribution in [-0.2, 0) is 16.0 Å². The van der Waals surface area contributed by atoms with E-state index in [0.717, 1.165) is 5.56 Å². The number of hydrogen-bond donors (Lipinski definition) is 1. The highest BCUT2D eigenvalue weighted by atomic mass is 16.6. The number of nitro groups is 1. The molecule has 1 unspecified atom stereocenters. The fourth-order valence-electron chi connectivity index (χ4n) is 2.41. The SMILES string of the molecule is CCOC(=O)C(CNc1ccccc1[N+](=O)[O-])Cc1ccccc1. The fourth-order valence-corrected chi connectivity index (χ4v) is 2.41. The monoisotopic (exact) mass is 328 g/mol. The largest absolute Gasteiger partial charge is 0.466 e. The molecule has 6 heteroatoms. The van der Waals surface area contributed by atoms with Gasteiger partial charge in [0.2, 0.25) is 0 Å². The van der Waals surface area contributed by atoms with Crippen LogP contribution in [0.25, 0.3) is 0 Å². The van der Waals surface area contributed by atoms with E-state index in [4.69, 9.17) is 4.74 Å². The summed E-state index contributed by atoms with van der Waals surface area (Å²) in [4.78, 5) is 22.8. The predicted octanol–water partition coefficient (Wildman–Crippen LogP) is 3.43. The number of nitrogens with one attached hydrogen (secondary N) is 1. The molecule has 0 aliphatic rings. The van der Waals surface area contributed by atoms with Gasteiger partial charge in [-0.15, -0.1) is 0 Å². The quantitative estimate of drug-likeness (QED) is 0.456. The zero-order valence-corrected chi connectivity index (χ0v) is 13.5. The van der Waals surface area contributed by atoms with E-state index >= 15 is 0 Å². The van der Waals surface area contributed by atoms with Gasteiger partial charge in [0.05, 0.1) is 17.4 Å². The molecule has 0 heterocycles. The van der Waals surface area contributed by atoms with E-state index in [1.165, 1.54) is 6.07 Å². The Bertz CT molecular complexity index is 688. The minimum Gasteiger partial charge on any atom is -0.466 e. The Hall–Kier alpha value is -2.89. The molecule has 0 saturated carbocycles. The molecule has 0 aliphatic carbocycles. The van der Waals surface area contributed by atoms with Crippen molar-refractivity contribution in [3.63, 3.8) is 0 Å². The van der Waals surface area contributed by atoms with Gasteiger partial charge in [-0.25, -0.2) is 0 Å². The van der Waals surface area contributed by atoms with Gasteiger partial charge in [-0.3, -0.25) is 14.9 Å². The summed E-state index contributed by atoms with van der Waals surface area (Å²) in [6.45, 7) is 2.32. The normalized spacial score (nSPS) is 11.5. The zero-order chi connectivity index (χ0) is 17.4. The second kappa shape index (κ2) is 8.67. The van der Waals surface area contributed by atoms with Crippen molar-refractivity contribution in [3.05, 3.63) is 70.3 Å². The topological polar surface area (TPSA) is 81.5 Å². The lowest BCUT2D eigenvalue weighted by Crippen LogP contribution is -2.27. The molecule has 126 valence electrons. The number of esters is 1. The minimum atomic E-state index is -0.446. The summed E-state index contributed by atoms with van der Waals surface area (Å²) in [5.41, 5.74) is 1.39. The maximum absolute atomic E-state index is 12.2. The summed E-state index contributed by atoms with van der Waals surface area (Å²) < 4.78 is 5.13. The summed E-state index contributed by atoms with van der Waals surface area (Å²) in [5, 5.41) is 14.1. The predicted molar refractivity (Wildman–Crippen MR) is 91.9 cm³/mol. The van der Waals surface area contributed by atoms with Gasteiger partial charge in [-0.1, -0.05) is 42.5 Å². The van der Waals surface area contributed by atoms with Crippen molar-refractivity contribution >= 4 is 17.3 Å². The number of para-hydroxylation sites is 2. The Labute approximate surface area is 140 Å². The van der Waals surface area contributed by atoms with Crippen LogP contribution in [0.2, 0.25) is 0 Å². The molecule has 2 aromatic rings. The highest BCUT2D eigenvalue weighted by molar-refractivity contribution is 5.74. The van der Waals surface area contributed by atoms with Crippen molar-refractivity contribution in [1.82, 2.24) is 0 Å². The van der Waals surface area contributed by atoms with Crippen LogP contribution in [0.4, 0.5) is 11.4 Å². The van der Waals surface area contributed by atoms with Crippen molar-refractivity contribution in [3.8, 4) is 0 Å². The first-order valence-corrected chi connectivity index (χ1v) is 7.79. The van der Waals surface area contributed by atoms with Crippen LogP contribution in [0.5, 0.6) is 0 Å². The molecule has 0 aliphatic heterocycles. The number of hydrogen-bond acceptors (Lipinski definition) is 5. The van der Waals surface area contributed by atoms with E-state index < -0.39 is 10.8 Å². The third kappa shape index (κ3) is 4.81. The molecular weight excluding hydrogens is 308 g/mol. The van der Waals surface area contributed by atoms with Crippen molar-refractivity contribution < 1.29 is 14.5 Å². The first-order valence-electron chi connectivity index (χ1n) is 7.79. The van der Waals surface area contributed by atoms with E-state index in [2.05, 4.69) is 5.32 Å². The maximum Gasteiger partial charge on any atom is 0.311 e. The first kappa shape index (κ1) is 17.5. The van der Waals surface area contributed by atoms with Gasteiger partial charge in [0.25, 0.3) is 5.69 Å². The molecule has 0 bridgehead atoms. The molecule has 0 radical (unpaired) electrons. The Kier molecular flexibility index (Phi) is 6.31. The van der Waals surface area contributed by atoms with Crippen molar-refractivity contribution in [1.29, 1.82) is 0 Å². The summed E-state index contributed by atoms with van der Waals surface area (Å²) >= 11 is 0. The van der Waals surface area contributed by atoms with E-state index in [9.17, 15) is 14.9 Å². The van der Waals surface area contributed by atoms with Crippen LogP contribution in [-0.4, -0.2) is 24.0 Å². The summed E-state index contributed by atoms with van der Waals surface area (Å²) in [6.07, 6.45) is 0.507. The Morgan fingerprint density at radius 1 is 1.17 bits per heavy atom. The van der Waals surface area contributed by atoms with Crippen molar-refractivity contribution in [2.45, 2.75) is 13.3 Å². The van der Waals surface area contributed by atoms with Gasteiger partial charge < -0.3 is 10.1 Å². The van der Waals surface area contributed by atoms with Crippen LogP contribution in [0.15, 0.2) is 54.6 Å². The molecule has 24 heavy (non-hydrogen) atoms. The number of benzene rings is 2. The molecule has 1 N–H and O–H groups in total. The third-order valence-electron chi connectivity index (χ3n) is 3.58. The molecule has 2 aromatic carbocycles. The Morgan fingerprint density at radius 2 is 1.83 bits per heavy atom. The van der Waals surface area contributed by atoms with Gasteiger partial charge in [-0.2, -0.15) is 0 Å².